The van der Waals surface area contributed by atoms with Crippen LogP contribution in [0, 0.1) is 17.8 Å². The molecule has 23 heavy (non-hydrogen) atoms. The van der Waals surface area contributed by atoms with Crippen molar-refractivity contribution in [1.82, 2.24) is 0 Å². The molecule has 0 N–H and O–H groups in total. The maximum atomic E-state index is 5.94. The Labute approximate surface area is 144 Å². The van der Waals surface area contributed by atoms with E-state index >= 15 is 0 Å². The van der Waals surface area contributed by atoms with Crippen LogP contribution in [-0.4, -0.2) is 6.10 Å². The maximum absolute atomic E-state index is 5.94. The Bertz CT molecular complexity index is 330. The molecule has 0 aliphatic heterocycles. The summed E-state index contributed by atoms with van der Waals surface area (Å²) in [6, 6.07) is 0. The van der Waals surface area contributed by atoms with Gasteiger partial charge in [0, 0.05) is 0 Å². The van der Waals surface area contributed by atoms with Crippen LogP contribution in [0.4, 0.5) is 0 Å². The van der Waals surface area contributed by atoms with E-state index in [0.29, 0.717) is 6.10 Å². The van der Waals surface area contributed by atoms with Gasteiger partial charge in [-0.05, 0) is 88.0 Å². The van der Waals surface area contributed by atoms with E-state index < -0.39 is 0 Å². The van der Waals surface area contributed by atoms with E-state index in [4.69, 9.17) is 4.74 Å². The van der Waals surface area contributed by atoms with Gasteiger partial charge in [-0.15, -0.1) is 6.58 Å². The molecule has 2 aliphatic carbocycles. The average Bonchev–Trinajstić information content (AvgIpc) is 2.61. The highest BCUT2D eigenvalue weighted by atomic mass is 16.5. The summed E-state index contributed by atoms with van der Waals surface area (Å²) in [5.74, 6) is 2.98. The van der Waals surface area contributed by atoms with E-state index in [1.54, 1.807) is 0 Å². The molecular weight excluding hydrogens is 280 g/mol. The summed E-state index contributed by atoms with van der Waals surface area (Å²) < 4.78 is 5.94. The number of hydrogen-bond acceptors (Lipinski definition) is 1. The molecule has 0 aromatic carbocycles. The van der Waals surface area contributed by atoms with Crippen LogP contribution in [0.2, 0.25) is 0 Å². The SMILES string of the molecule is C=CCCC1CCC(C2CCC(O/C=C/CCCC)CC2)CC1. The van der Waals surface area contributed by atoms with Crippen LogP contribution in [-0.2, 0) is 4.74 Å². The predicted molar refractivity (Wildman–Crippen MR) is 100 cm³/mol. The zero-order valence-electron chi connectivity index (χ0n) is 15.3. The lowest BCUT2D eigenvalue weighted by Crippen LogP contribution is -2.28. The fourth-order valence-corrected chi connectivity index (χ4v) is 4.55. The molecular formula is C22H38O. The van der Waals surface area contributed by atoms with Gasteiger partial charge in [0.25, 0.3) is 0 Å². The molecule has 2 rings (SSSR count). The van der Waals surface area contributed by atoms with Gasteiger partial charge in [0.1, 0.15) is 0 Å². The maximum Gasteiger partial charge on any atom is 0.0978 e. The number of hydrogen-bond donors (Lipinski definition) is 0. The van der Waals surface area contributed by atoms with Crippen molar-refractivity contribution in [2.24, 2.45) is 17.8 Å². The van der Waals surface area contributed by atoms with Crippen molar-refractivity contribution < 1.29 is 4.74 Å². The molecule has 0 aromatic rings. The molecule has 0 radical (unpaired) electrons. The van der Waals surface area contributed by atoms with Crippen LogP contribution in [0.1, 0.15) is 90.4 Å². The summed E-state index contributed by atoms with van der Waals surface area (Å²) in [4.78, 5) is 0. The van der Waals surface area contributed by atoms with E-state index in [1.165, 1.54) is 83.5 Å². The summed E-state index contributed by atoms with van der Waals surface area (Å²) in [5, 5.41) is 0. The highest BCUT2D eigenvalue weighted by Crippen LogP contribution is 2.41. The molecule has 1 nitrogen and oxygen atoms in total. The Balaban J connectivity index is 1.59. The predicted octanol–water partition coefficient (Wildman–Crippen LogP) is 7.04. The van der Waals surface area contributed by atoms with Crippen LogP contribution in [0.5, 0.6) is 0 Å². The van der Waals surface area contributed by atoms with Crippen molar-refractivity contribution in [3.63, 3.8) is 0 Å². The van der Waals surface area contributed by atoms with Crippen molar-refractivity contribution in [2.75, 3.05) is 0 Å². The summed E-state index contributed by atoms with van der Waals surface area (Å²) in [7, 11) is 0. The first-order chi connectivity index (χ1) is 11.3. The van der Waals surface area contributed by atoms with Gasteiger partial charge in [-0.25, -0.2) is 0 Å². The van der Waals surface area contributed by atoms with Gasteiger partial charge < -0.3 is 4.74 Å². The highest BCUT2D eigenvalue weighted by Gasteiger charge is 2.30. The second-order valence-electron chi connectivity index (χ2n) is 7.83. The minimum atomic E-state index is 0.494. The van der Waals surface area contributed by atoms with Gasteiger partial charge >= 0.3 is 0 Å². The van der Waals surface area contributed by atoms with E-state index in [9.17, 15) is 0 Å². The van der Waals surface area contributed by atoms with Gasteiger partial charge in [-0.3, -0.25) is 0 Å². The second-order valence-corrected chi connectivity index (χ2v) is 7.83. The molecule has 0 unspecified atom stereocenters. The number of allylic oxidation sites excluding steroid dienone is 2. The van der Waals surface area contributed by atoms with E-state index in [1.807, 2.05) is 6.26 Å². The molecule has 132 valence electrons. The first-order valence-electron chi connectivity index (χ1n) is 10.2. The van der Waals surface area contributed by atoms with Crippen LogP contribution in [0.15, 0.2) is 25.0 Å². The van der Waals surface area contributed by atoms with Crippen molar-refractivity contribution in [1.29, 1.82) is 0 Å². The molecule has 2 fully saturated rings. The van der Waals surface area contributed by atoms with Crippen molar-refractivity contribution >= 4 is 0 Å². The lowest BCUT2D eigenvalue weighted by Gasteiger charge is -2.37. The molecule has 2 saturated carbocycles. The van der Waals surface area contributed by atoms with Crippen LogP contribution >= 0.6 is 0 Å². The summed E-state index contributed by atoms with van der Waals surface area (Å²) in [5.41, 5.74) is 0. The van der Waals surface area contributed by atoms with E-state index in [-0.39, 0.29) is 0 Å². The molecule has 0 saturated heterocycles. The average molecular weight is 319 g/mol. The molecule has 0 heterocycles. The molecule has 0 bridgehead atoms. The second kappa shape index (κ2) is 10.9. The molecule has 0 aromatic heterocycles. The van der Waals surface area contributed by atoms with Gasteiger partial charge in [-0.2, -0.15) is 0 Å². The van der Waals surface area contributed by atoms with Gasteiger partial charge in [0.15, 0.2) is 0 Å². The Morgan fingerprint density at radius 3 is 2.17 bits per heavy atom. The third kappa shape index (κ3) is 6.73. The summed E-state index contributed by atoms with van der Waals surface area (Å²) in [6.07, 6.45) is 24.3. The van der Waals surface area contributed by atoms with Gasteiger partial charge in [0.2, 0.25) is 0 Å². The van der Waals surface area contributed by atoms with Gasteiger partial charge in [-0.1, -0.05) is 32.3 Å². The monoisotopic (exact) mass is 318 g/mol. The normalized spacial score (nSPS) is 32.0. The summed E-state index contributed by atoms with van der Waals surface area (Å²) >= 11 is 0. The zero-order chi connectivity index (χ0) is 16.3. The fraction of sp³-hybridized carbons (Fsp3) is 0.818. The third-order valence-corrected chi connectivity index (χ3v) is 6.15. The van der Waals surface area contributed by atoms with Crippen molar-refractivity contribution in [2.45, 2.75) is 96.5 Å². The molecule has 1 heteroatoms. The molecule has 0 atom stereocenters. The fourth-order valence-electron chi connectivity index (χ4n) is 4.55. The lowest BCUT2D eigenvalue weighted by molar-refractivity contribution is 0.0629. The van der Waals surface area contributed by atoms with E-state index in [0.717, 1.165) is 17.8 Å². The molecule has 0 amide bonds. The highest BCUT2D eigenvalue weighted by molar-refractivity contribution is 4.84. The minimum absolute atomic E-state index is 0.494. The van der Waals surface area contributed by atoms with Gasteiger partial charge in [0.05, 0.1) is 12.4 Å². The molecule has 0 spiro atoms. The van der Waals surface area contributed by atoms with Crippen LogP contribution in [0.25, 0.3) is 0 Å². The quantitative estimate of drug-likeness (QED) is 0.252. The summed E-state index contributed by atoms with van der Waals surface area (Å²) in [6.45, 7) is 6.10. The lowest BCUT2D eigenvalue weighted by atomic mass is 9.70. The standard InChI is InChI=1S/C22H38O/c1-3-5-7-8-18-23-22-16-14-21(15-17-22)20-12-10-19(11-13-20)9-6-4-2/h4,8,18-22H,2-3,5-7,9-17H2,1H3/b18-8+. The number of rotatable bonds is 9. The topological polar surface area (TPSA) is 9.23 Å². The smallest absolute Gasteiger partial charge is 0.0978 e. The Kier molecular flexibility index (Phi) is 8.86. The van der Waals surface area contributed by atoms with Crippen LogP contribution in [0.3, 0.4) is 0 Å². The van der Waals surface area contributed by atoms with Crippen molar-refractivity contribution in [3.8, 4) is 0 Å². The number of unbranched alkanes of at least 4 members (excludes halogenated alkanes) is 2. The minimum Gasteiger partial charge on any atom is -0.498 e. The number of ether oxygens (including phenoxy) is 1. The first-order valence-corrected chi connectivity index (χ1v) is 10.2. The Morgan fingerprint density at radius 1 is 0.913 bits per heavy atom. The van der Waals surface area contributed by atoms with Crippen molar-refractivity contribution in [3.05, 3.63) is 25.0 Å². The molecule has 2 aliphatic rings. The largest absolute Gasteiger partial charge is 0.498 e. The van der Waals surface area contributed by atoms with E-state index in [2.05, 4.69) is 25.7 Å². The Morgan fingerprint density at radius 2 is 1.57 bits per heavy atom. The first kappa shape index (κ1) is 18.6. The zero-order valence-corrected chi connectivity index (χ0v) is 15.3. The van der Waals surface area contributed by atoms with Crippen LogP contribution < -0.4 is 0 Å². The Hall–Kier alpha value is -0.720. The third-order valence-electron chi connectivity index (χ3n) is 6.15.